The molecule has 2 N–H and O–H groups in total. The van der Waals surface area contributed by atoms with E-state index in [9.17, 15) is 18.8 Å². The minimum absolute atomic E-state index is 0.0630. The SMILES string of the molecule is CCc1ccc(N2CC(C(=O)NCCNC(=O)Cc3ccc(F)cc3)CC2=O)cc1. The van der Waals surface area contributed by atoms with Gasteiger partial charge in [0.2, 0.25) is 17.7 Å². The molecule has 6 nitrogen and oxygen atoms in total. The van der Waals surface area contributed by atoms with Crippen LogP contribution < -0.4 is 15.5 Å². The van der Waals surface area contributed by atoms with E-state index in [4.69, 9.17) is 0 Å². The zero-order valence-corrected chi connectivity index (χ0v) is 17.0. The van der Waals surface area contributed by atoms with Crippen molar-refractivity contribution in [2.75, 3.05) is 24.5 Å². The molecule has 0 saturated carbocycles. The molecule has 3 amide bonds. The summed E-state index contributed by atoms with van der Waals surface area (Å²) in [6.07, 6.45) is 1.26. The highest BCUT2D eigenvalue weighted by Gasteiger charge is 2.34. The van der Waals surface area contributed by atoms with Gasteiger partial charge in [0, 0.05) is 31.7 Å². The predicted octanol–water partition coefficient (Wildman–Crippen LogP) is 2.22. The van der Waals surface area contributed by atoms with Gasteiger partial charge in [-0.05, 0) is 41.8 Å². The van der Waals surface area contributed by atoms with Crippen molar-refractivity contribution in [3.8, 4) is 0 Å². The van der Waals surface area contributed by atoms with E-state index in [0.717, 1.165) is 17.7 Å². The Morgan fingerprint density at radius 2 is 1.63 bits per heavy atom. The molecule has 0 aliphatic carbocycles. The third-order valence-electron chi connectivity index (χ3n) is 5.18. The fourth-order valence-electron chi connectivity index (χ4n) is 3.43. The summed E-state index contributed by atoms with van der Waals surface area (Å²) in [5.74, 6) is -1.20. The number of amides is 3. The molecule has 0 bridgehead atoms. The molecular formula is C23H26FN3O3. The summed E-state index contributed by atoms with van der Waals surface area (Å²) in [4.78, 5) is 38.3. The van der Waals surface area contributed by atoms with Gasteiger partial charge in [-0.1, -0.05) is 31.2 Å². The van der Waals surface area contributed by atoms with Crippen LogP contribution in [0.25, 0.3) is 0 Å². The smallest absolute Gasteiger partial charge is 0.227 e. The van der Waals surface area contributed by atoms with Crippen molar-refractivity contribution in [2.24, 2.45) is 5.92 Å². The molecule has 0 spiro atoms. The van der Waals surface area contributed by atoms with Crippen LogP contribution in [0.3, 0.4) is 0 Å². The van der Waals surface area contributed by atoms with Gasteiger partial charge in [-0.15, -0.1) is 0 Å². The number of rotatable bonds is 8. The van der Waals surface area contributed by atoms with Gasteiger partial charge in [0.1, 0.15) is 5.82 Å². The molecule has 0 aromatic heterocycles. The van der Waals surface area contributed by atoms with Crippen molar-refractivity contribution in [3.63, 3.8) is 0 Å². The maximum absolute atomic E-state index is 12.9. The third-order valence-corrected chi connectivity index (χ3v) is 5.18. The van der Waals surface area contributed by atoms with Crippen LogP contribution in [0.2, 0.25) is 0 Å². The van der Waals surface area contributed by atoms with Gasteiger partial charge in [0.05, 0.1) is 12.3 Å². The molecule has 2 aromatic rings. The van der Waals surface area contributed by atoms with E-state index in [0.29, 0.717) is 6.54 Å². The molecule has 1 unspecified atom stereocenters. The number of hydrogen-bond donors (Lipinski definition) is 2. The lowest BCUT2D eigenvalue weighted by atomic mass is 10.1. The normalized spacial score (nSPS) is 15.9. The quantitative estimate of drug-likeness (QED) is 0.654. The molecule has 1 heterocycles. The minimum Gasteiger partial charge on any atom is -0.354 e. The first kappa shape index (κ1) is 21.5. The number of aryl methyl sites for hydroxylation is 1. The van der Waals surface area contributed by atoms with E-state index >= 15 is 0 Å². The molecule has 0 radical (unpaired) electrons. The standard InChI is InChI=1S/C23H26FN3O3/c1-2-16-5-9-20(10-6-16)27-15-18(14-22(27)29)23(30)26-12-11-25-21(28)13-17-3-7-19(24)8-4-17/h3-10,18H,2,11-15H2,1H3,(H,25,28)(H,26,30). The summed E-state index contributed by atoms with van der Waals surface area (Å²) in [7, 11) is 0. The number of nitrogens with one attached hydrogen (secondary N) is 2. The van der Waals surface area contributed by atoms with Crippen molar-refractivity contribution in [1.82, 2.24) is 10.6 Å². The molecule has 1 aliphatic rings. The van der Waals surface area contributed by atoms with Gasteiger partial charge in [0.25, 0.3) is 0 Å². The van der Waals surface area contributed by atoms with Crippen LogP contribution in [0.1, 0.15) is 24.5 Å². The van der Waals surface area contributed by atoms with Crippen LogP contribution in [0.5, 0.6) is 0 Å². The van der Waals surface area contributed by atoms with Crippen molar-refractivity contribution in [1.29, 1.82) is 0 Å². The average molecular weight is 411 g/mol. The summed E-state index contributed by atoms with van der Waals surface area (Å²) in [6, 6.07) is 13.6. The second-order valence-electron chi connectivity index (χ2n) is 7.37. The van der Waals surface area contributed by atoms with Crippen LogP contribution in [0.4, 0.5) is 10.1 Å². The molecule has 30 heavy (non-hydrogen) atoms. The van der Waals surface area contributed by atoms with E-state index in [1.165, 1.54) is 17.7 Å². The second-order valence-corrected chi connectivity index (χ2v) is 7.37. The fraction of sp³-hybridized carbons (Fsp3) is 0.348. The lowest BCUT2D eigenvalue weighted by Crippen LogP contribution is -2.38. The van der Waals surface area contributed by atoms with Crippen molar-refractivity contribution in [2.45, 2.75) is 26.2 Å². The number of benzene rings is 2. The van der Waals surface area contributed by atoms with Gasteiger partial charge >= 0.3 is 0 Å². The Balaban J connectivity index is 1.40. The van der Waals surface area contributed by atoms with Crippen molar-refractivity contribution < 1.29 is 18.8 Å². The zero-order chi connectivity index (χ0) is 21.5. The first-order valence-corrected chi connectivity index (χ1v) is 10.1. The molecule has 1 fully saturated rings. The molecule has 7 heteroatoms. The zero-order valence-electron chi connectivity index (χ0n) is 17.0. The molecule has 2 aromatic carbocycles. The third kappa shape index (κ3) is 5.65. The van der Waals surface area contributed by atoms with Gasteiger partial charge in [0.15, 0.2) is 0 Å². The van der Waals surface area contributed by atoms with Crippen LogP contribution >= 0.6 is 0 Å². The van der Waals surface area contributed by atoms with Gasteiger partial charge in [-0.2, -0.15) is 0 Å². The summed E-state index contributed by atoms with van der Waals surface area (Å²) < 4.78 is 12.9. The van der Waals surface area contributed by atoms with Crippen molar-refractivity contribution >= 4 is 23.4 Å². The first-order valence-electron chi connectivity index (χ1n) is 10.1. The highest BCUT2D eigenvalue weighted by Crippen LogP contribution is 2.25. The molecule has 158 valence electrons. The average Bonchev–Trinajstić information content (AvgIpc) is 3.14. The lowest BCUT2D eigenvalue weighted by molar-refractivity contribution is -0.126. The van der Waals surface area contributed by atoms with E-state index < -0.39 is 5.92 Å². The highest BCUT2D eigenvalue weighted by atomic mass is 19.1. The molecule has 1 atom stereocenters. The maximum atomic E-state index is 12.9. The number of carbonyl (C=O) groups is 3. The number of carbonyl (C=O) groups excluding carboxylic acids is 3. The first-order chi connectivity index (χ1) is 14.5. The number of halogens is 1. The number of hydrogen-bond acceptors (Lipinski definition) is 3. The Hall–Kier alpha value is -3.22. The van der Waals surface area contributed by atoms with Crippen LogP contribution in [0.15, 0.2) is 48.5 Å². The molecular weight excluding hydrogens is 385 g/mol. The Kier molecular flexibility index (Phi) is 7.17. The molecule has 3 rings (SSSR count). The van der Waals surface area contributed by atoms with Crippen LogP contribution in [-0.2, 0) is 27.2 Å². The van der Waals surface area contributed by atoms with Crippen molar-refractivity contribution in [3.05, 3.63) is 65.5 Å². The van der Waals surface area contributed by atoms with Gasteiger partial charge < -0.3 is 15.5 Å². The maximum Gasteiger partial charge on any atom is 0.227 e. The predicted molar refractivity (Wildman–Crippen MR) is 112 cm³/mol. The van der Waals surface area contributed by atoms with E-state index in [1.807, 2.05) is 24.3 Å². The highest BCUT2D eigenvalue weighted by molar-refractivity contribution is 6.00. The largest absolute Gasteiger partial charge is 0.354 e. The molecule has 1 aliphatic heterocycles. The number of anilines is 1. The minimum atomic E-state index is -0.404. The van der Waals surface area contributed by atoms with E-state index in [2.05, 4.69) is 17.6 Å². The molecule has 1 saturated heterocycles. The summed E-state index contributed by atoms with van der Waals surface area (Å²) in [5, 5.41) is 5.50. The van der Waals surface area contributed by atoms with E-state index in [-0.39, 0.29) is 49.5 Å². The van der Waals surface area contributed by atoms with E-state index in [1.54, 1.807) is 17.0 Å². The topological polar surface area (TPSA) is 78.5 Å². The Morgan fingerprint density at radius 3 is 2.30 bits per heavy atom. The van der Waals surface area contributed by atoms with Crippen LogP contribution in [0, 0.1) is 11.7 Å². The van der Waals surface area contributed by atoms with Crippen LogP contribution in [-0.4, -0.2) is 37.4 Å². The monoisotopic (exact) mass is 411 g/mol. The Bertz CT molecular complexity index is 897. The lowest BCUT2D eigenvalue weighted by Gasteiger charge is -2.17. The number of nitrogens with zero attached hydrogens (tertiary/aromatic N) is 1. The van der Waals surface area contributed by atoms with Gasteiger partial charge in [-0.25, -0.2) is 4.39 Å². The Morgan fingerprint density at radius 1 is 1.00 bits per heavy atom. The summed E-state index contributed by atoms with van der Waals surface area (Å²) in [5.41, 5.74) is 2.72. The Labute approximate surface area is 175 Å². The second kappa shape index (κ2) is 10.0. The van der Waals surface area contributed by atoms with Gasteiger partial charge in [-0.3, -0.25) is 14.4 Å². The summed E-state index contributed by atoms with van der Waals surface area (Å²) in [6.45, 7) is 2.99. The summed E-state index contributed by atoms with van der Waals surface area (Å²) >= 11 is 0. The fourth-order valence-corrected chi connectivity index (χ4v) is 3.43.